The van der Waals surface area contributed by atoms with Crippen molar-refractivity contribution in [3.05, 3.63) is 86.0 Å². The highest BCUT2D eigenvalue weighted by Crippen LogP contribution is 2.37. The molecule has 0 aliphatic heterocycles. The number of benzene rings is 2. The minimum absolute atomic E-state index is 0.108. The average molecular weight is 515 g/mol. The van der Waals surface area contributed by atoms with Gasteiger partial charge in [-0.2, -0.15) is 5.10 Å². The second kappa shape index (κ2) is 11.0. The molecular formula is C22H19BrN4O6. The third kappa shape index (κ3) is 6.50. The largest absolute Gasteiger partial charge is 0.490 e. The average Bonchev–Trinajstić information content (AvgIpc) is 2.79. The summed E-state index contributed by atoms with van der Waals surface area (Å²) in [5.41, 5.74) is 4.32. The molecule has 10 nitrogen and oxygen atoms in total. The zero-order valence-electron chi connectivity index (χ0n) is 17.4. The second-order valence-corrected chi connectivity index (χ2v) is 7.44. The van der Waals surface area contributed by atoms with E-state index in [4.69, 9.17) is 14.6 Å². The first kappa shape index (κ1) is 23.7. The number of halogens is 1. The van der Waals surface area contributed by atoms with Crippen molar-refractivity contribution in [1.29, 1.82) is 0 Å². The molecule has 1 aromatic heterocycles. The number of anilines is 1. The molecule has 0 saturated carbocycles. The number of nitrogens with one attached hydrogen (secondary N) is 1. The quantitative estimate of drug-likeness (QED) is 0.222. The predicted octanol–water partition coefficient (Wildman–Crippen LogP) is 4.87. The van der Waals surface area contributed by atoms with Crippen LogP contribution in [0.4, 0.5) is 11.5 Å². The van der Waals surface area contributed by atoms with E-state index in [0.717, 1.165) is 11.8 Å². The lowest BCUT2D eigenvalue weighted by molar-refractivity contribution is -0.385. The first-order valence-electron chi connectivity index (χ1n) is 9.68. The maximum Gasteiger partial charge on any atom is 0.335 e. The lowest BCUT2D eigenvalue weighted by Crippen LogP contribution is -2.02. The van der Waals surface area contributed by atoms with Gasteiger partial charge in [-0.3, -0.25) is 15.5 Å². The van der Waals surface area contributed by atoms with Crippen molar-refractivity contribution in [2.75, 3.05) is 12.0 Å². The van der Waals surface area contributed by atoms with Crippen LogP contribution in [0.2, 0.25) is 0 Å². The number of nitro groups is 1. The number of aromatic carboxylic acids is 1. The van der Waals surface area contributed by atoms with Gasteiger partial charge in [0.15, 0.2) is 11.5 Å². The molecule has 3 aromatic rings. The van der Waals surface area contributed by atoms with E-state index >= 15 is 0 Å². The summed E-state index contributed by atoms with van der Waals surface area (Å²) in [6, 6.07) is 12.8. The van der Waals surface area contributed by atoms with E-state index in [1.165, 1.54) is 24.3 Å². The number of hydrogen-bond donors (Lipinski definition) is 2. The minimum atomic E-state index is -0.986. The Kier molecular flexibility index (Phi) is 7.92. The van der Waals surface area contributed by atoms with Crippen LogP contribution in [0.15, 0.2) is 64.3 Å². The Morgan fingerprint density at radius 1 is 1.24 bits per heavy atom. The molecule has 11 heteroatoms. The fraction of sp³-hybridized carbons (Fsp3) is 0.136. The number of nitrogens with zero attached hydrogens (tertiary/aromatic N) is 3. The number of carboxylic acids is 1. The van der Waals surface area contributed by atoms with Crippen molar-refractivity contribution in [3.8, 4) is 11.5 Å². The molecule has 1 heterocycles. The summed E-state index contributed by atoms with van der Waals surface area (Å²) < 4.78 is 12.3. The van der Waals surface area contributed by atoms with E-state index in [2.05, 4.69) is 31.4 Å². The number of hydrazone groups is 1. The Morgan fingerprint density at radius 3 is 2.61 bits per heavy atom. The van der Waals surface area contributed by atoms with Gasteiger partial charge in [-0.05, 0) is 64.3 Å². The van der Waals surface area contributed by atoms with Crippen LogP contribution in [0.5, 0.6) is 11.5 Å². The molecule has 170 valence electrons. The summed E-state index contributed by atoms with van der Waals surface area (Å²) >= 11 is 3.49. The molecular weight excluding hydrogens is 496 g/mol. The van der Waals surface area contributed by atoms with Gasteiger partial charge in [0.25, 0.3) is 5.69 Å². The van der Waals surface area contributed by atoms with Gasteiger partial charge < -0.3 is 14.6 Å². The fourth-order valence-corrected chi connectivity index (χ4v) is 3.27. The fourth-order valence-electron chi connectivity index (χ4n) is 2.70. The molecule has 0 aliphatic rings. The number of ether oxygens (including phenoxy) is 2. The summed E-state index contributed by atoms with van der Waals surface area (Å²) in [5, 5.41) is 23.8. The van der Waals surface area contributed by atoms with Gasteiger partial charge in [-0.25, -0.2) is 9.78 Å². The monoisotopic (exact) mass is 514 g/mol. The molecule has 0 spiro atoms. The normalized spacial score (nSPS) is 10.7. The van der Waals surface area contributed by atoms with Gasteiger partial charge >= 0.3 is 5.97 Å². The summed E-state index contributed by atoms with van der Waals surface area (Å²) in [6.45, 7) is 2.49. The van der Waals surface area contributed by atoms with E-state index in [0.29, 0.717) is 34.0 Å². The van der Waals surface area contributed by atoms with Crippen LogP contribution in [0.25, 0.3) is 0 Å². The second-order valence-electron chi connectivity index (χ2n) is 6.58. The SMILES string of the molecule is CCOc1cc(/C=N/Nc2ccc([N+](=O)[O-])cn2)cc(Br)c1OCc1ccc(C(=O)O)cc1. The topological polar surface area (TPSA) is 136 Å². The molecule has 0 atom stereocenters. The van der Waals surface area contributed by atoms with E-state index in [1.807, 2.05) is 6.92 Å². The third-order valence-corrected chi connectivity index (χ3v) is 4.86. The Hall–Kier alpha value is -3.99. The summed E-state index contributed by atoms with van der Waals surface area (Å²) in [6.07, 6.45) is 2.69. The predicted molar refractivity (Wildman–Crippen MR) is 125 cm³/mol. The highest BCUT2D eigenvalue weighted by Gasteiger charge is 2.13. The van der Waals surface area contributed by atoms with Crippen LogP contribution in [0.1, 0.15) is 28.4 Å². The number of rotatable bonds is 10. The van der Waals surface area contributed by atoms with Gasteiger partial charge in [-0.1, -0.05) is 12.1 Å². The van der Waals surface area contributed by atoms with Gasteiger partial charge in [0.2, 0.25) is 0 Å². The number of pyridine rings is 1. The van der Waals surface area contributed by atoms with Crippen LogP contribution in [-0.2, 0) is 6.61 Å². The van der Waals surface area contributed by atoms with Gasteiger partial charge in [0, 0.05) is 6.07 Å². The van der Waals surface area contributed by atoms with Crippen molar-refractivity contribution >= 4 is 39.6 Å². The molecule has 0 aliphatic carbocycles. The number of hydrogen-bond acceptors (Lipinski definition) is 8. The van der Waals surface area contributed by atoms with Crippen molar-refractivity contribution in [2.24, 2.45) is 5.10 Å². The van der Waals surface area contributed by atoms with E-state index in [1.54, 1.807) is 30.5 Å². The van der Waals surface area contributed by atoms with E-state index in [-0.39, 0.29) is 17.9 Å². The summed E-state index contributed by atoms with van der Waals surface area (Å²) in [4.78, 5) is 25.1. The Labute approximate surface area is 197 Å². The van der Waals surface area contributed by atoms with Crippen molar-refractivity contribution < 1.29 is 24.3 Å². The smallest absolute Gasteiger partial charge is 0.335 e. The molecule has 33 heavy (non-hydrogen) atoms. The molecule has 0 bridgehead atoms. The molecule has 2 N–H and O–H groups in total. The standard InChI is InChI=1S/C22H19BrN4O6/c1-2-32-19-10-15(11-25-26-20-8-7-17(12-24-20)27(30)31)9-18(23)21(19)33-13-14-3-5-16(6-4-14)22(28)29/h3-12H,2,13H2,1H3,(H,24,26)(H,28,29)/b25-11+. The number of aromatic nitrogens is 1. The highest BCUT2D eigenvalue weighted by atomic mass is 79.9. The third-order valence-electron chi connectivity index (χ3n) is 4.27. The molecule has 2 aromatic carbocycles. The van der Waals surface area contributed by atoms with Gasteiger partial charge in [0.1, 0.15) is 18.6 Å². The zero-order chi connectivity index (χ0) is 23.8. The zero-order valence-corrected chi connectivity index (χ0v) is 19.0. The summed E-state index contributed by atoms with van der Waals surface area (Å²) in [7, 11) is 0. The Morgan fingerprint density at radius 2 is 2.00 bits per heavy atom. The Balaban J connectivity index is 1.71. The maximum absolute atomic E-state index is 11.0. The first-order valence-corrected chi connectivity index (χ1v) is 10.5. The number of carbonyl (C=O) groups is 1. The van der Waals surface area contributed by atoms with Crippen LogP contribution < -0.4 is 14.9 Å². The van der Waals surface area contributed by atoms with Crippen LogP contribution in [0, 0.1) is 10.1 Å². The molecule has 0 saturated heterocycles. The highest BCUT2D eigenvalue weighted by molar-refractivity contribution is 9.10. The van der Waals surface area contributed by atoms with Gasteiger partial charge in [0.05, 0.1) is 27.8 Å². The minimum Gasteiger partial charge on any atom is -0.490 e. The van der Waals surface area contributed by atoms with Crippen LogP contribution in [-0.4, -0.2) is 33.8 Å². The van der Waals surface area contributed by atoms with E-state index < -0.39 is 10.9 Å². The first-order chi connectivity index (χ1) is 15.9. The number of carboxylic acid groups (broad SMARTS) is 1. The van der Waals surface area contributed by atoms with Crippen molar-refractivity contribution in [2.45, 2.75) is 13.5 Å². The lowest BCUT2D eigenvalue weighted by atomic mass is 10.1. The maximum atomic E-state index is 11.0. The Bertz CT molecular complexity index is 1170. The summed E-state index contributed by atoms with van der Waals surface area (Å²) in [5.74, 6) is 0.375. The molecule has 0 amide bonds. The molecule has 0 unspecified atom stereocenters. The molecule has 3 rings (SSSR count). The van der Waals surface area contributed by atoms with Crippen LogP contribution >= 0.6 is 15.9 Å². The van der Waals surface area contributed by atoms with Crippen molar-refractivity contribution in [1.82, 2.24) is 4.98 Å². The van der Waals surface area contributed by atoms with E-state index in [9.17, 15) is 14.9 Å². The van der Waals surface area contributed by atoms with Crippen molar-refractivity contribution in [3.63, 3.8) is 0 Å². The van der Waals surface area contributed by atoms with Crippen LogP contribution in [0.3, 0.4) is 0 Å². The molecule has 0 radical (unpaired) electrons. The van der Waals surface area contributed by atoms with Gasteiger partial charge in [-0.15, -0.1) is 0 Å². The lowest BCUT2D eigenvalue weighted by Gasteiger charge is -2.15. The molecule has 0 fully saturated rings.